The van der Waals surface area contributed by atoms with Gasteiger partial charge in [0.2, 0.25) is 0 Å². The minimum absolute atomic E-state index is 0.0850. The van der Waals surface area contributed by atoms with Gasteiger partial charge < -0.3 is 19.7 Å². The van der Waals surface area contributed by atoms with Crippen molar-refractivity contribution >= 4 is 23.8 Å². The van der Waals surface area contributed by atoms with E-state index in [1.54, 1.807) is 48.8 Å². The summed E-state index contributed by atoms with van der Waals surface area (Å²) in [4.78, 5) is 8.89. The van der Waals surface area contributed by atoms with Gasteiger partial charge in [-0.25, -0.2) is 0 Å². The summed E-state index contributed by atoms with van der Waals surface area (Å²) in [7, 11) is 3.00. The van der Waals surface area contributed by atoms with Crippen LogP contribution in [0.2, 0.25) is 0 Å². The zero-order valence-electron chi connectivity index (χ0n) is 15.5. The maximum absolute atomic E-state index is 9.65. The molecule has 0 fully saturated rings. The van der Waals surface area contributed by atoms with Crippen LogP contribution in [0.5, 0.6) is 23.0 Å². The van der Waals surface area contributed by atoms with E-state index in [2.05, 4.69) is 9.98 Å². The van der Waals surface area contributed by atoms with E-state index in [4.69, 9.17) is 9.47 Å². The SMILES string of the molecule is COc1cc(C=Nc2cccc(N=Cc3ccc(O)c(OC)c3)c2)ccc1O. The van der Waals surface area contributed by atoms with Gasteiger partial charge in [0.05, 0.1) is 25.6 Å². The number of rotatable bonds is 6. The zero-order chi connectivity index (χ0) is 19.9. The number of aromatic hydroxyl groups is 2. The lowest BCUT2D eigenvalue weighted by Gasteiger charge is -2.04. The van der Waals surface area contributed by atoms with E-state index < -0.39 is 0 Å². The van der Waals surface area contributed by atoms with Crippen molar-refractivity contribution in [2.75, 3.05) is 14.2 Å². The number of aliphatic imine (C=N–C) groups is 2. The molecule has 0 amide bonds. The first-order valence-corrected chi connectivity index (χ1v) is 8.51. The van der Waals surface area contributed by atoms with E-state index in [1.165, 1.54) is 14.2 Å². The van der Waals surface area contributed by atoms with Gasteiger partial charge in [-0.2, -0.15) is 0 Å². The van der Waals surface area contributed by atoms with Gasteiger partial charge in [0.15, 0.2) is 23.0 Å². The molecular weight excluding hydrogens is 356 g/mol. The lowest BCUT2D eigenvalue weighted by Crippen LogP contribution is -1.87. The number of nitrogens with zero attached hydrogens (tertiary/aromatic N) is 2. The summed E-state index contributed by atoms with van der Waals surface area (Å²) in [5.41, 5.74) is 3.09. The Morgan fingerprint density at radius 3 is 1.57 bits per heavy atom. The smallest absolute Gasteiger partial charge is 0.161 e. The van der Waals surface area contributed by atoms with Crippen LogP contribution in [0.25, 0.3) is 0 Å². The van der Waals surface area contributed by atoms with Crippen LogP contribution in [0.4, 0.5) is 11.4 Å². The summed E-state index contributed by atoms with van der Waals surface area (Å²) < 4.78 is 10.2. The molecule has 0 saturated heterocycles. The van der Waals surface area contributed by atoms with Crippen LogP contribution in [0.3, 0.4) is 0 Å². The standard InChI is InChI=1S/C22H20N2O4/c1-27-21-10-15(6-8-19(21)25)13-23-17-4-3-5-18(12-17)24-14-16-7-9-20(26)22(11-16)28-2/h3-14,25-26H,1-2H3. The van der Waals surface area contributed by atoms with Crippen LogP contribution < -0.4 is 9.47 Å². The number of ether oxygens (including phenoxy) is 2. The van der Waals surface area contributed by atoms with Gasteiger partial charge in [0.25, 0.3) is 0 Å². The Balaban J connectivity index is 1.77. The molecule has 0 aliphatic carbocycles. The highest BCUT2D eigenvalue weighted by Gasteiger charge is 2.02. The second-order valence-corrected chi connectivity index (χ2v) is 5.90. The van der Waals surface area contributed by atoms with Gasteiger partial charge in [-0.15, -0.1) is 0 Å². The van der Waals surface area contributed by atoms with Crippen LogP contribution in [0, 0.1) is 0 Å². The number of hydrogen-bond acceptors (Lipinski definition) is 6. The van der Waals surface area contributed by atoms with Gasteiger partial charge in [-0.1, -0.05) is 6.07 Å². The topological polar surface area (TPSA) is 83.6 Å². The first-order chi connectivity index (χ1) is 13.6. The van der Waals surface area contributed by atoms with Crippen LogP contribution >= 0.6 is 0 Å². The highest BCUT2D eigenvalue weighted by molar-refractivity contribution is 5.85. The Bertz CT molecular complexity index is 950. The maximum atomic E-state index is 9.65. The second-order valence-electron chi connectivity index (χ2n) is 5.90. The molecule has 3 aromatic carbocycles. The van der Waals surface area contributed by atoms with E-state index in [0.29, 0.717) is 11.5 Å². The molecule has 0 unspecified atom stereocenters. The Labute approximate surface area is 163 Å². The summed E-state index contributed by atoms with van der Waals surface area (Å²) >= 11 is 0. The van der Waals surface area contributed by atoms with Crippen molar-refractivity contribution in [2.45, 2.75) is 0 Å². The van der Waals surface area contributed by atoms with E-state index in [0.717, 1.165) is 22.5 Å². The molecule has 0 bridgehead atoms. The third kappa shape index (κ3) is 4.67. The largest absolute Gasteiger partial charge is 0.504 e. The normalized spacial score (nSPS) is 11.2. The highest BCUT2D eigenvalue weighted by Crippen LogP contribution is 2.27. The third-order valence-electron chi connectivity index (χ3n) is 3.96. The van der Waals surface area contributed by atoms with Crippen LogP contribution in [0.15, 0.2) is 70.6 Å². The van der Waals surface area contributed by atoms with E-state index in [-0.39, 0.29) is 11.5 Å². The lowest BCUT2D eigenvalue weighted by atomic mass is 10.2. The van der Waals surface area contributed by atoms with Crippen LogP contribution in [-0.4, -0.2) is 36.9 Å². The maximum Gasteiger partial charge on any atom is 0.161 e. The molecule has 3 aromatic rings. The molecule has 0 radical (unpaired) electrons. The average molecular weight is 376 g/mol. The lowest BCUT2D eigenvalue weighted by molar-refractivity contribution is 0.373. The highest BCUT2D eigenvalue weighted by atomic mass is 16.5. The van der Waals surface area contributed by atoms with Crippen LogP contribution in [-0.2, 0) is 0 Å². The molecule has 28 heavy (non-hydrogen) atoms. The molecular formula is C22H20N2O4. The molecule has 3 rings (SSSR count). The molecule has 6 nitrogen and oxygen atoms in total. The molecule has 0 aliphatic heterocycles. The molecule has 2 N–H and O–H groups in total. The Morgan fingerprint density at radius 2 is 1.14 bits per heavy atom. The summed E-state index contributed by atoms with van der Waals surface area (Å²) in [5.74, 6) is 0.960. The van der Waals surface area contributed by atoms with Crippen molar-refractivity contribution in [3.8, 4) is 23.0 Å². The van der Waals surface area contributed by atoms with E-state index in [9.17, 15) is 10.2 Å². The third-order valence-corrected chi connectivity index (χ3v) is 3.96. The monoisotopic (exact) mass is 376 g/mol. The van der Waals surface area contributed by atoms with Gasteiger partial charge in [0, 0.05) is 12.4 Å². The molecule has 0 aliphatic rings. The van der Waals surface area contributed by atoms with Gasteiger partial charge >= 0.3 is 0 Å². The fraction of sp³-hybridized carbons (Fsp3) is 0.0909. The molecule has 0 heterocycles. The Hall–Kier alpha value is -3.80. The molecule has 0 spiro atoms. The van der Waals surface area contributed by atoms with Gasteiger partial charge in [0.1, 0.15) is 0 Å². The molecule has 0 atom stereocenters. The summed E-state index contributed by atoms with van der Waals surface area (Å²) in [6.45, 7) is 0. The molecule has 0 saturated carbocycles. The fourth-order valence-electron chi connectivity index (χ4n) is 2.50. The summed E-state index contributed by atoms with van der Waals surface area (Å²) in [5, 5.41) is 19.3. The Kier molecular flexibility index (Phi) is 5.91. The molecule has 0 aromatic heterocycles. The van der Waals surface area contributed by atoms with E-state index >= 15 is 0 Å². The van der Waals surface area contributed by atoms with Crippen molar-refractivity contribution in [1.82, 2.24) is 0 Å². The van der Waals surface area contributed by atoms with Crippen molar-refractivity contribution in [3.63, 3.8) is 0 Å². The van der Waals surface area contributed by atoms with Crippen molar-refractivity contribution in [1.29, 1.82) is 0 Å². The number of phenolic OH excluding ortho intramolecular Hbond substituents is 2. The minimum atomic E-state index is 0.0850. The van der Waals surface area contributed by atoms with E-state index in [1.807, 2.05) is 24.3 Å². The number of hydrogen-bond donors (Lipinski definition) is 2. The minimum Gasteiger partial charge on any atom is -0.504 e. The number of benzene rings is 3. The molecule has 6 heteroatoms. The number of phenols is 2. The first kappa shape index (κ1) is 19.0. The zero-order valence-corrected chi connectivity index (χ0v) is 15.5. The van der Waals surface area contributed by atoms with Gasteiger partial charge in [-0.3, -0.25) is 9.98 Å². The first-order valence-electron chi connectivity index (χ1n) is 8.51. The van der Waals surface area contributed by atoms with Crippen LogP contribution in [0.1, 0.15) is 11.1 Å². The summed E-state index contributed by atoms with van der Waals surface area (Å²) in [6.07, 6.45) is 3.38. The second kappa shape index (κ2) is 8.73. The fourth-order valence-corrected chi connectivity index (χ4v) is 2.50. The number of methoxy groups -OCH3 is 2. The predicted molar refractivity (Wildman–Crippen MR) is 110 cm³/mol. The summed E-state index contributed by atoms with van der Waals surface area (Å²) in [6, 6.07) is 17.5. The average Bonchev–Trinajstić information content (AvgIpc) is 2.73. The Morgan fingerprint density at radius 1 is 0.679 bits per heavy atom. The predicted octanol–water partition coefficient (Wildman–Crippen LogP) is 4.62. The van der Waals surface area contributed by atoms with Crippen molar-refractivity contribution < 1.29 is 19.7 Å². The quantitative estimate of drug-likeness (QED) is 0.615. The van der Waals surface area contributed by atoms with Crippen molar-refractivity contribution in [2.24, 2.45) is 9.98 Å². The molecule has 142 valence electrons. The van der Waals surface area contributed by atoms with Gasteiger partial charge in [-0.05, 0) is 65.7 Å². The van der Waals surface area contributed by atoms with Crippen molar-refractivity contribution in [3.05, 3.63) is 71.8 Å².